The molecule has 0 radical (unpaired) electrons. The van der Waals surface area contributed by atoms with Crippen LogP contribution in [-0.4, -0.2) is 14.1 Å². The normalized spacial score (nSPS) is 11.8. The van der Waals surface area contributed by atoms with Crippen molar-refractivity contribution in [1.82, 2.24) is 9.13 Å². The van der Waals surface area contributed by atoms with Gasteiger partial charge in [0.05, 0.1) is 15.8 Å². The summed E-state index contributed by atoms with van der Waals surface area (Å²) in [4.78, 5) is 24.0. The third-order valence-corrected chi connectivity index (χ3v) is 5.80. The first kappa shape index (κ1) is 17.4. The van der Waals surface area contributed by atoms with Crippen LogP contribution >= 0.6 is 0 Å². The van der Waals surface area contributed by atoms with Crippen LogP contribution in [0.15, 0.2) is 59.4 Å². The van der Waals surface area contributed by atoms with Crippen molar-refractivity contribution < 1.29 is 4.92 Å². The Morgan fingerprint density at radius 3 is 2.14 bits per heavy atom. The van der Waals surface area contributed by atoms with Crippen LogP contribution in [0.4, 0.5) is 5.69 Å². The molecule has 144 valence electrons. The van der Waals surface area contributed by atoms with Crippen LogP contribution in [0, 0.1) is 10.1 Å². The minimum atomic E-state index is -0.455. The van der Waals surface area contributed by atoms with Gasteiger partial charge in [0, 0.05) is 52.4 Å². The molecule has 0 atom stereocenters. The summed E-state index contributed by atoms with van der Waals surface area (Å²) in [5.74, 6) is 0. The minimum absolute atomic E-state index is 0.0697. The molecule has 0 amide bonds. The van der Waals surface area contributed by atoms with Crippen molar-refractivity contribution in [2.75, 3.05) is 0 Å². The van der Waals surface area contributed by atoms with Gasteiger partial charge in [-0.1, -0.05) is 18.2 Å². The number of hydrogen-bond acceptors (Lipinski definition) is 3. The van der Waals surface area contributed by atoms with Crippen molar-refractivity contribution in [3.05, 3.63) is 75.1 Å². The van der Waals surface area contributed by atoms with Gasteiger partial charge in [-0.25, -0.2) is 0 Å². The van der Waals surface area contributed by atoms with Crippen LogP contribution in [0.25, 0.3) is 43.5 Å². The van der Waals surface area contributed by atoms with Crippen LogP contribution < -0.4 is 5.56 Å². The van der Waals surface area contributed by atoms with Crippen molar-refractivity contribution in [2.45, 2.75) is 26.9 Å². The lowest BCUT2D eigenvalue weighted by Gasteiger charge is -2.13. The van der Waals surface area contributed by atoms with E-state index >= 15 is 0 Å². The highest BCUT2D eigenvalue weighted by Gasteiger charge is 2.19. The van der Waals surface area contributed by atoms with Crippen LogP contribution in [0.1, 0.15) is 13.8 Å². The summed E-state index contributed by atoms with van der Waals surface area (Å²) in [6.45, 7) is 5.35. The average molecular weight is 385 g/mol. The SMILES string of the molecule is CCn1c(=O)c2cc([N+](=O)[O-])ccc2c2c3c4ccccc4n(CC)c3ccc21. The molecule has 0 saturated carbocycles. The maximum absolute atomic E-state index is 13.1. The van der Waals surface area contributed by atoms with Crippen LogP contribution in [0.2, 0.25) is 0 Å². The second-order valence-corrected chi connectivity index (χ2v) is 7.15. The molecule has 5 rings (SSSR count). The molecule has 0 aliphatic rings. The molecule has 6 heteroatoms. The van der Waals surface area contributed by atoms with Gasteiger partial charge in [-0.05, 0) is 43.5 Å². The summed E-state index contributed by atoms with van der Waals surface area (Å²) in [7, 11) is 0. The Morgan fingerprint density at radius 2 is 1.45 bits per heavy atom. The van der Waals surface area contributed by atoms with Crippen LogP contribution in [0.3, 0.4) is 0 Å². The lowest BCUT2D eigenvalue weighted by molar-refractivity contribution is -0.384. The van der Waals surface area contributed by atoms with E-state index in [0.29, 0.717) is 11.9 Å². The molecular weight excluding hydrogens is 366 g/mol. The summed E-state index contributed by atoms with van der Waals surface area (Å²) >= 11 is 0. The molecule has 3 aromatic carbocycles. The fraction of sp³-hybridized carbons (Fsp3) is 0.174. The summed E-state index contributed by atoms with van der Waals surface area (Å²) in [6.07, 6.45) is 0. The Bertz CT molecular complexity index is 1530. The lowest BCUT2D eigenvalue weighted by atomic mass is 10.00. The van der Waals surface area contributed by atoms with E-state index in [0.717, 1.165) is 44.6 Å². The van der Waals surface area contributed by atoms with Gasteiger partial charge >= 0.3 is 0 Å². The maximum Gasteiger partial charge on any atom is 0.270 e. The number of nitro groups is 1. The van der Waals surface area contributed by atoms with Crippen molar-refractivity contribution >= 4 is 49.2 Å². The number of nitro benzene ring substituents is 1. The molecular formula is C23H19N3O3. The molecule has 5 aromatic rings. The fourth-order valence-electron chi connectivity index (χ4n) is 4.58. The minimum Gasteiger partial charge on any atom is -0.341 e. The number of non-ortho nitro benzene ring substituents is 1. The number of hydrogen-bond donors (Lipinski definition) is 0. The lowest BCUT2D eigenvalue weighted by Crippen LogP contribution is -2.20. The molecule has 0 saturated heterocycles. The first-order chi connectivity index (χ1) is 14.1. The van der Waals surface area contributed by atoms with Crippen molar-refractivity contribution in [1.29, 1.82) is 0 Å². The van der Waals surface area contributed by atoms with Gasteiger partial charge < -0.3 is 9.13 Å². The van der Waals surface area contributed by atoms with Crippen molar-refractivity contribution in [2.24, 2.45) is 0 Å². The number of nitrogens with zero attached hydrogens (tertiary/aromatic N) is 3. The molecule has 0 unspecified atom stereocenters. The van der Waals surface area contributed by atoms with Gasteiger partial charge in [0.15, 0.2) is 0 Å². The Balaban J connectivity index is 2.14. The number of rotatable bonds is 3. The molecule has 0 aliphatic heterocycles. The molecule has 2 heterocycles. The van der Waals surface area contributed by atoms with E-state index in [1.54, 1.807) is 10.6 Å². The molecule has 0 bridgehead atoms. The largest absolute Gasteiger partial charge is 0.341 e. The Kier molecular flexibility index (Phi) is 3.71. The van der Waals surface area contributed by atoms with Gasteiger partial charge in [0.2, 0.25) is 0 Å². The zero-order chi connectivity index (χ0) is 20.3. The van der Waals surface area contributed by atoms with Crippen LogP contribution in [0.5, 0.6) is 0 Å². The van der Waals surface area contributed by atoms with E-state index in [-0.39, 0.29) is 11.2 Å². The Labute approximate surface area is 165 Å². The smallest absolute Gasteiger partial charge is 0.270 e. The van der Waals surface area contributed by atoms with E-state index in [2.05, 4.69) is 29.7 Å². The molecule has 29 heavy (non-hydrogen) atoms. The molecule has 0 N–H and O–H groups in total. The predicted octanol–water partition coefficient (Wildman–Crippen LogP) is 5.21. The van der Waals surface area contributed by atoms with Crippen LogP contribution in [-0.2, 0) is 13.1 Å². The van der Waals surface area contributed by atoms with E-state index in [9.17, 15) is 14.9 Å². The van der Waals surface area contributed by atoms with Crippen molar-refractivity contribution in [3.63, 3.8) is 0 Å². The number of aryl methyl sites for hydroxylation is 2. The number of para-hydroxylation sites is 1. The van der Waals surface area contributed by atoms with E-state index in [1.165, 1.54) is 12.1 Å². The highest BCUT2D eigenvalue weighted by molar-refractivity contribution is 6.27. The summed E-state index contributed by atoms with van der Waals surface area (Å²) < 4.78 is 3.97. The van der Waals surface area contributed by atoms with Gasteiger partial charge in [-0.2, -0.15) is 0 Å². The number of benzene rings is 3. The van der Waals surface area contributed by atoms with Gasteiger partial charge in [-0.3, -0.25) is 14.9 Å². The predicted molar refractivity (Wildman–Crippen MR) is 117 cm³/mol. The highest BCUT2D eigenvalue weighted by atomic mass is 16.6. The number of fused-ring (bicyclic) bond motifs is 7. The maximum atomic E-state index is 13.1. The van der Waals surface area contributed by atoms with Gasteiger partial charge in [0.25, 0.3) is 11.2 Å². The summed E-state index contributed by atoms with van der Waals surface area (Å²) in [5.41, 5.74) is 2.83. The molecule has 6 nitrogen and oxygen atoms in total. The molecule has 0 fully saturated rings. The number of aromatic nitrogens is 2. The second kappa shape index (κ2) is 6.17. The first-order valence-corrected chi connectivity index (χ1v) is 9.71. The molecule has 2 aromatic heterocycles. The second-order valence-electron chi connectivity index (χ2n) is 7.15. The average Bonchev–Trinajstić information content (AvgIpc) is 3.07. The van der Waals surface area contributed by atoms with Crippen molar-refractivity contribution in [3.8, 4) is 0 Å². The van der Waals surface area contributed by atoms with Gasteiger partial charge in [-0.15, -0.1) is 0 Å². The molecule has 0 aliphatic carbocycles. The fourth-order valence-corrected chi connectivity index (χ4v) is 4.58. The quantitative estimate of drug-likeness (QED) is 0.243. The standard InChI is InChI=1S/C23H19N3O3/c1-3-24-18-8-6-5-7-16(18)22-19(24)11-12-20-21(22)15-10-9-14(26(28)29)13-17(15)23(27)25(20)4-2/h5-13H,3-4H2,1-2H3. The Hall–Kier alpha value is -3.67. The molecule has 0 spiro atoms. The third-order valence-electron chi connectivity index (χ3n) is 5.80. The van der Waals surface area contributed by atoms with Gasteiger partial charge in [0.1, 0.15) is 0 Å². The summed E-state index contributed by atoms with van der Waals surface area (Å²) in [5, 5.41) is 15.6. The highest BCUT2D eigenvalue weighted by Crippen LogP contribution is 2.38. The first-order valence-electron chi connectivity index (χ1n) is 9.71. The number of pyridine rings is 1. The monoisotopic (exact) mass is 385 g/mol. The zero-order valence-corrected chi connectivity index (χ0v) is 16.2. The Morgan fingerprint density at radius 1 is 0.793 bits per heavy atom. The summed E-state index contributed by atoms with van der Waals surface area (Å²) in [6, 6.07) is 16.9. The zero-order valence-electron chi connectivity index (χ0n) is 16.2. The topological polar surface area (TPSA) is 70.1 Å². The third kappa shape index (κ3) is 2.26. The van der Waals surface area contributed by atoms with E-state index in [1.807, 2.05) is 25.1 Å². The van der Waals surface area contributed by atoms with E-state index < -0.39 is 4.92 Å². The van der Waals surface area contributed by atoms with E-state index in [4.69, 9.17) is 0 Å².